The summed E-state index contributed by atoms with van der Waals surface area (Å²) < 4.78 is 37.0. The second-order valence-corrected chi connectivity index (χ2v) is 7.75. The number of cyclic esters (lactones) is 1. The van der Waals surface area contributed by atoms with Gasteiger partial charge in [0.15, 0.2) is 17.9 Å². The molecule has 1 aromatic carbocycles. The highest BCUT2D eigenvalue weighted by molar-refractivity contribution is 6.03. The second kappa shape index (κ2) is 7.84. The summed E-state index contributed by atoms with van der Waals surface area (Å²) >= 11 is 0. The van der Waals surface area contributed by atoms with Gasteiger partial charge in [0, 0.05) is 25.8 Å². The number of aldehydes is 1. The summed E-state index contributed by atoms with van der Waals surface area (Å²) in [5.41, 5.74) is 0.170. The van der Waals surface area contributed by atoms with Crippen LogP contribution in [-0.2, 0) is 14.2 Å². The first-order valence-corrected chi connectivity index (χ1v) is 9.81. The lowest BCUT2D eigenvalue weighted by atomic mass is 10.1. The van der Waals surface area contributed by atoms with Crippen molar-refractivity contribution in [1.29, 1.82) is 0 Å². The van der Waals surface area contributed by atoms with Crippen LogP contribution < -0.4 is 9.80 Å². The maximum atomic E-state index is 15.5. The van der Waals surface area contributed by atoms with Gasteiger partial charge < -0.3 is 23.6 Å². The highest BCUT2D eigenvalue weighted by Gasteiger charge is 2.41. The number of rotatable bonds is 5. The van der Waals surface area contributed by atoms with Crippen LogP contribution in [0.2, 0.25) is 0 Å². The van der Waals surface area contributed by atoms with Crippen molar-refractivity contribution in [2.75, 3.05) is 36.6 Å². The highest BCUT2D eigenvalue weighted by Crippen LogP contribution is 2.38. The molecular weight excluding hydrogens is 397 g/mol. The van der Waals surface area contributed by atoms with Crippen LogP contribution in [0.25, 0.3) is 11.0 Å². The minimum absolute atomic E-state index is 0.0960. The predicted molar refractivity (Wildman–Crippen MR) is 106 cm³/mol. The van der Waals surface area contributed by atoms with Crippen LogP contribution in [-0.4, -0.2) is 68.7 Å². The van der Waals surface area contributed by atoms with E-state index in [0.29, 0.717) is 19.4 Å². The number of hydrogen-bond acceptors (Lipinski definition) is 8. The number of hydrogen-bond donors (Lipinski definition) is 0. The van der Waals surface area contributed by atoms with Gasteiger partial charge in [-0.25, -0.2) is 14.1 Å². The molecule has 1 amide bonds. The number of carbonyl (C=O) groups excluding carboxylic acids is 2. The van der Waals surface area contributed by atoms with Gasteiger partial charge >= 0.3 is 6.09 Å². The molecular formula is C20H24FN3O6. The summed E-state index contributed by atoms with van der Waals surface area (Å²) in [4.78, 5) is 27.3. The van der Waals surface area contributed by atoms with Gasteiger partial charge in [0.2, 0.25) is 5.58 Å². The molecule has 2 fully saturated rings. The molecule has 1 unspecified atom stereocenters. The monoisotopic (exact) mass is 421 g/mol. The molecule has 162 valence electrons. The molecule has 4 rings (SSSR count). The van der Waals surface area contributed by atoms with Gasteiger partial charge in [-0.15, -0.1) is 0 Å². The third-order valence-corrected chi connectivity index (χ3v) is 5.60. The fourth-order valence-corrected chi connectivity index (χ4v) is 4.16. The Morgan fingerprint density at radius 2 is 2.03 bits per heavy atom. The lowest BCUT2D eigenvalue weighted by Crippen LogP contribution is -2.46. The Balaban J connectivity index is 1.82. The summed E-state index contributed by atoms with van der Waals surface area (Å²) in [6.07, 6.45) is -0.633. The molecule has 0 bridgehead atoms. The first-order valence-electron chi connectivity index (χ1n) is 9.81. The number of anilines is 2. The van der Waals surface area contributed by atoms with Crippen LogP contribution >= 0.6 is 0 Å². The average molecular weight is 421 g/mol. The number of amides is 1. The van der Waals surface area contributed by atoms with E-state index in [9.17, 15) is 9.59 Å². The maximum Gasteiger partial charge on any atom is 0.416 e. The van der Waals surface area contributed by atoms with Crippen molar-refractivity contribution in [1.82, 2.24) is 5.16 Å². The van der Waals surface area contributed by atoms with Crippen molar-refractivity contribution in [3.05, 3.63) is 17.4 Å². The Labute approximate surface area is 172 Å². The summed E-state index contributed by atoms with van der Waals surface area (Å²) in [5, 5.41) is 4.16. The SMILES string of the molecule is CO[C@H](C)C1COC(=O)N1c1noc2c(F)c(N3C[C@@H](C)O[C@H](C)C3)c(C=O)cc12. The molecule has 0 spiro atoms. The minimum Gasteiger partial charge on any atom is -0.447 e. The Hall–Kier alpha value is -2.72. The third kappa shape index (κ3) is 3.29. The zero-order valence-electron chi connectivity index (χ0n) is 17.3. The molecule has 2 saturated heterocycles. The van der Waals surface area contributed by atoms with Gasteiger partial charge in [0.05, 0.1) is 29.4 Å². The van der Waals surface area contributed by atoms with Crippen LogP contribution in [0.5, 0.6) is 0 Å². The molecule has 0 N–H and O–H groups in total. The number of benzene rings is 1. The van der Waals surface area contributed by atoms with E-state index in [4.69, 9.17) is 18.7 Å². The van der Waals surface area contributed by atoms with Crippen molar-refractivity contribution < 1.29 is 32.7 Å². The molecule has 30 heavy (non-hydrogen) atoms. The van der Waals surface area contributed by atoms with E-state index in [1.54, 1.807) is 11.8 Å². The quantitative estimate of drug-likeness (QED) is 0.681. The third-order valence-electron chi connectivity index (χ3n) is 5.60. The highest BCUT2D eigenvalue weighted by atomic mass is 19.1. The van der Waals surface area contributed by atoms with Crippen molar-refractivity contribution in [2.24, 2.45) is 0 Å². The number of carbonyl (C=O) groups is 2. The maximum absolute atomic E-state index is 15.5. The molecule has 4 atom stereocenters. The van der Waals surface area contributed by atoms with Gasteiger partial charge in [-0.1, -0.05) is 5.16 Å². The van der Waals surface area contributed by atoms with E-state index in [2.05, 4.69) is 5.16 Å². The number of nitrogens with zero attached hydrogens (tertiary/aromatic N) is 3. The molecule has 1 aromatic heterocycles. The van der Waals surface area contributed by atoms with Crippen LogP contribution in [0.4, 0.5) is 20.7 Å². The van der Waals surface area contributed by atoms with Crippen LogP contribution in [0.3, 0.4) is 0 Å². The number of aromatic nitrogens is 1. The number of fused-ring (bicyclic) bond motifs is 1. The van der Waals surface area contributed by atoms with Gasteiger partial charge in [0.1, 0.15) is 12.6 Å². The zero-order valence-corrected chi connectivity index (χ0v) is 17.3. The molecule has 9 nitrogen and oxygen atoms in total. The predicted octanol–water partition coefficient (Wildman–Crippen LogP) is 2.75. The van der Waals surface area contributed by atoms with E-state index in [-0.39, 0.29) is 53.0 Å². The van der Waals surface area contributed by atoms with Crippen LogP contribution in [0, 0.1) is 5.82 Å². The van der Waals surface area contributed by atoms with E-state index >= 15 is 4.39 Å². The van der Waals surface area contributed by atoms with Gasteiger partial charge in [-0.05, 0) is 26.8 Å². The average Bonchev–Trinajstić information content (AvgIpc) is 3.29. The topological polar surface area (TPSA) is 94.3 Å². The van der Waals surface area contributed by atoms with E-state index < -0.39 is 18.0 Å². The summed E-state index contributed by atoms with van der Waals surface area (Å²) in [7, 11) is 1.52. The molecule has 0 radical (unpaired) electrons. The molecule has 0 saturated carbocycles. The summed E-state index contributed by atoms with van der Waals surface area (Å²) in [5.74, 6) is -0.600. The molecule has 3 heterocycles. The first kappa shape index (κ1) is 20.5. The normalized spacial score (nSPS) is 25.6. The summed E-state index contributed by atoms with van der Waals surface area (Å²) in [6, 6.07) is 1.04. The van der Waals surface area contributed by atoms with Crippen molar-refractivity contribution in [2.45, 2.75) is 45.1 Å². The fraction of sp³-hybridized carbons (Fsp3) is 0.550. The lowest BCUT2D eigenvalue weighted by Gasteiger charge is -2.37. The van der Waals surface area contributed by atoms with Crippen molar-refractivity contribution in [3.63, 3.8) is 0 Å². The molecule has 10 heteroatoms. The van der Waals surface area contributed by atoms with Gasteiger partial charge in [-0.3, -0.25) is 4.79 Å². The Kier molecular flexibility index (Phi) is 5.37. The summed E-state index contributed by atoms with van der Waals surface area (Å²) in [6.45, 7) is 6.54. The number of ether oxygens (including phenoxy) is 3. The van der Waals surface area contributed by atoms with Crippen LogP contribution in [0.1, 0.15) is 31.1 Å². The van der Waals surface area contributed by atoms with Crippen molar-refractivity contribution >= 4 is 34.9 Å². The van der Waals surface area contributed by atoms with Crippen molar-refractivity contribution in [3.8, 4) is 0 Å². The number of halogens is 1. The van der Waals surface area contributed by atoms with Crippen LogP contribution in [0.15, 0.2) is 10.6 Å². The largest absolute Gasteiger partial charge is 0.447 e. The van der Waals surface area contributed by atoms with E-state index in [1.165, 1.54) is 18.1 Å². The smallest absolute Gasteiger partial charge is 0.416 e. The number of morpholine rings is 1. The standard InChI is InChI=1S/C20H24FN3O6/c1-10-6-23(7-11(2)29-10)17-13(8-25)5-14-18(16(17)21)30-22-19(14)24-15(12(3)27-4)9-28-20(24)26/h5,8,10-12,15H,6-7,9H2,1-4H3/t10-,11-,12-,15?/m1/s1. The molecule has 2 aliphatic heterocycles. The number of methoxy groups -OCH3 is 1. The minimum atomic E-state index is -0.696. The fourth-order valence-electron chi connectivity index (χ4n) is 4.16. The van der Waals surface area contributed by atoms with Gasteiger partial charge in [0.25, 0.3) is 0 Å². The Morgan fingerprint density at radius 3 is 2.67 bits per heavy atom. The molecule has 2 aliphatic rings. The first-order chi connectivity index (χ1) is 14.3. The van der Waals surface area contributed by atoms with E-state index in [1.807, 2.05) is 13.8 Å². The second-order valence-electron chi connectivity index (χ2n) is 7.75. The molecule has 2 aromatic rings. The zero-order chi connectivity index (χ0) is 21.6. The lowest BCUT2D eigenvalue weighted by molar-refractivity contribution is -0.00543. The Morgan fingerprint density at radius 1 is 1.33 bits per heavy atom. The van der Waals surface area contributed by atoms with E-state index in [0.717, 1.165) is 0 Å². The molecule has 0 aliphatic carbocycles. The van der Waals surface area contributed by atoms with Gasteiger partial charge in [-0.2, -0.15) is 0 Å². The Bertz CT molecular complexity index is 969.